The van der Waals surface area contributed by atoms with Gasteiger partial charge in [-0.05, 0) is 37.0 Å². The lowest BCUT2D eigenvalue weighted by Gasteiger charge is -2.28. The molecule has 0 aliphatic heterocycles. The van der Waals surface area contributed by atoms with Crippen LogP contribution >= 0.6 is 0 Å². The van der Waals surface area contributed by atoms with Crippen LogP contribution < -0.4 is 10.5 Å². The maximum absolute atomic E-state index is 12.6. The quantitative estimate of drug-likeness (QED) is 0.717. The van der Waals surface area contributed by atoms with E-state index >= 15 is 0 Å². The van der Waals surface area contributed by atoms with Crippen LogP contribution in [0.2, 0.25) is 0 Å². The van der Waals surface area contributed by atoms with Crippen molar-refractivity contribution in [1.82, 2.24) is 4.72 Å². The number of benzene rings is 1. The Labute approximate surface area is 120 Å². The van der Waals surface area contributed by atoms with Crippen molar-refractivity contribution in [2.24, 2.45) is 0 Å². The van der Waals surface area contributed by atoms with Gasteiger partial charge in [0.05, 0.1) is 17.0 Å². The number of nitrogen functional groups attached to an aromatic ring is 1. The predicted octanol–water partition coefficient (Wildman–Crippen LogP) is 1.41. The molecule has 6 heteroatoms. The third-order valence-electron chi connectivity index (χ3n) is 3.98. The molecule has 1 saturated carbocycles. The van der Waals surface area contributed by atoms with Crippen molar-refractivity contribution in [1.29, 1.82) is 0 Å². The first kappa shape index (κ1) is 15.3. The van der Waals surface area contributed by atoms with Gasteiger partial charge in [0.1, 0.15) is 0 Å². The van der Waals surface area contributed by atoms with Gasteiger partial charge in [-0.3, -0.25) is 0 Å². The molecule has 1 aromatic carbocycles. The zero-order valence-electron chi connectivity index (χ0n) is 11.7. The fraction of sp³-hybridized carbons (Fsp3) is 0.571. The molecule has 20 heavy (non-hydrogen) atoms. The maximum Gasteiger partial charge on any atom is 0.241 e. The summed E-state index contributed by atoms with van der Waals surface area (Å²) in [5, 5.41) is 9.56. The standard InChI is InChI=1S/C14H22N2O3S/c1-2-11-5-6-12(15)9-13(11)20(18,19)16-14(10-17)7-3-4-8-14/h5-6,9,16-17H,2-4,7-8,10,15H2,1H3. The van der Waals surface area contributed by atoms with Crippen LogP contribution in [0.5, 0.6) is 0 Å². The lowest BCUT2D eigenvalue weighted by atomic mass is 10.0. The van der Waals surface area contributed by atoms with E-state index in [0.29, 0.717) is 24.9 Å². The van der Waals surface area contributed by atoms with Gasteiger partial charge in [0, 0.05) is 5.69 Å². The minimum Gasteiger partial charge on any atom is -0.399 e. The van der Waals surface area contributed by atoms with Crippen molar-refractivity contribution >= 4 is 15.7 Å². The van der Waals surface area contributed by atoms with E-state index in [1.807, 2.05) is 6.92 Å². The summed E-state index contributed by atoms with van der Waals surface area (Å²) in [5.74, 6) is 0. The van der Waals surface area contributed by atoms with E-state index in [1.54, 1.807) is 12.1 Å². The van der Waals surface area contributed by atoms with E-state index in [1.165, 1.54) is 6.07 Å². The summed E-state index contributed by atoms with van der Waals surface area (Å²) in [7, 11) is -3.67. The SMILES string of the molecule is CCc1ccc(N)cc1S(=O)(=O)NC1(CO)CCCC1. The van der Waals surface area contributed by atoms with E-state index < -0.39 is 15.6 Å². The van der Waals surface area contributed by atoms with E-state index in [0.717, 1.165) is 18.4 Å². The highest BCUT2D eigenvalue weighted by Crippen LogP contribution is 2.31. The second kappa shape index (κ2) is 5.71. The Kier molecular flexibility index (Phi) is 4.36. The third-order valence-corrected chi connectivity index (χ3v) is 5.64. The summed E-state index contributed by atoms with van der Waals surface area (Å²) >= 11 is 0. The number of nitrogens with two attached hydrogens (primary N) is 1. The molecule has 4 N–H and O–H groups in total. The molecule has 0 aromatic heterocycles. The first-order chi connectivity index (χ1) is 9.42. The summed E-state index contributed by atoms with van der Waals surface area (Å²) in [5.41, 5.74) is 6.15. The second-order valence-electron chi connectivity index (χ2n) is 5.47. The fourth-order valence-electron chi connectivity index (χ4n) is 2.80. The van der Waals surface area contributed by atoms with Gasteiger partial charge in [0.15, 0.2) is 0 Å². The smallest absolute Gasteiger partial charge is 0.241 e. The molecule has 0 atom stereocenters. The fourth-order valence-corrected chi connectivity index (χ4v) is 4.60. The molecule has 0 spiro atoms. The largest absolute Gasteiger partial charge is 0.399 e. The Bertz CT molecular complexity index is 578. The number of nitrogens with one attached hydrogen (secondary N) is 1. The number of rotatable bonds is 5. The van der Waals surface area contributed by atoms with Crippen molar-refractivity contribution in [3.63, 3.8) is 0 Å². The molecule has 0 bridgehead atoms. The van der Waals surface area contributed by atoms with Crippen molar-refractivity contribution in [3.8, 4) is 0 Å². The van der Waals surface area contributed by atoms with E-state index in [-0.39, 0.29) is 11.5 Å². The molecular weight excluding hydrogens is 276 g/mol. The first-order valence-corrected chi connectivity index (χ1v) is 8.44. The molecule has 0 heterocycles. The zero-order valence-corrected chi connectivity index (χ0v) is 12.5. The van der Waals surface area contributed by atoms with Gasteiger partial charge < -0.3 is 10.8 Å². The van der Waals surface area contributed by atoms with Crippen LogP contribution in [0.3, 0.4) is 0 Å². The van der Waals surface area contributed by atoms with E-state index in [4.69, 9.17) is 5.73 Å². The number of sulfonamides is 1. The van der Waals surface area contributed by atoms with Gasteiger partial charge in [-0.2, -0.15) is 0 Å². The van der Waals surface area contributed by atoms with Gasteiger partial charge in [0.2, 0.25) is 10.0 Å². The summed E-state index contributed by atoms with van der Waals surface area (Å²) in [4.78, 5) is 0.222. The topological polar surface area (TPSA) is 92.4 Å². The van der Waals surface area contributed by atoms with E-state index in [2.05, 4.69) is 4.72 Å². The van der Waals surface area contributed by atoms with Crippen molar-refractivity contribution < 1.29 is 13.5 Å². The van der Waals surface area contributed by atoms with Crippen LogP contribution in [0.4, 0.5) is 5.69 Å². The number of aryl methyl sites for hydroxylation is 1. The number of hydrogen-bond donors (Lipinski definition) is 3. The molecule has 1 aliphatic rings. The lowest BCUT2D eigenvalue weighted by Crippen LogP contribution is -2.49. The molecule has 0 amide bonds. The Morgan fingerprint density at radius 3 is 2.55 bits per heavy atom. The predicted molar refractivity (Wildman–Crippen MR) is 78.8 cm³/mol. The Balaban J connectivity index is 2.37. The van der Waals surface area contributed by atoms with Crippen LogP contribution in [0.25, 0.3) is 0 Å². The monoisotopic (exact) mass is 298 g/mol. The van der Waals surface area contributed by atoms with Crippen molar-refractivity contribution in [2.75, 3.05) is 12.3 Å². The molecule has 5 nitrogen and oxygen atoms in total. The van der Waals surface area contributed by atoms with Crippen LogP contribution in [-0.2, 0) is 16.4 Å². The average Bonchev–Trinajstić information content (AvgIpc) is 2.87. The van der Waals surface area contributed by atoms with Gasteiger partial charge in [-0.25, -0.2) is 13.1 Å². The van der Waals surface area contributed by atoms with Gasteiger partial charge in [-0.1, -0.05) is 25.8 Å². The second-order valence-corrected chi connectivity index (χ2v) is 7.12. The van der Waals surface area contributed by atoms with Crippen LogP contribution in [0.1, 0.15) is 38.2 Å². The normalized spacial score (nSPS) is 18.3. The molecule has 2 rings (SSSR count). The molecule has 1 aromatic rings. The summed E-state index contributed by atoms with van der Waals surface area (Å²) in [6.45, 7) is 1.73. The number of anilines is 1. The molecule has 0 radical (unpaired) electrons. The first-order valence-electron chi connectivity index (χ1n) is 6.96. The number of aliphatic hydroxyl groups is 1. The van der Waals surface area contributed by atoms with Crippen LogP contribution in [0, 0.1) is 0 Å². The summed E-state index contributed by atoms with van der Waals surface area (Å²) in [6.07, 6.45) is 3.82. The van der Waals surface area contributed by atoms with Crippen LogP contribution in [0.15, 0.2) is 23.1 Å². The molecule has 112 valence electrons. The molecule has 0 unspecified atom stereocenters. The summed E-state index contributed by atoms with van der Waals surface area (Å²) in [6, 6.07) is 4.93. The average molecular weight is 298 g/mol. The number of aliphatic hydroxyl groups excluding tert-OH is 1. The summed E-state index contributed by atoms with van der Waals surface area (Å²) < 4.78 is 27.9. The van der Waals surface area contributed by atoms with Crippen molar-refractivity contribution in [3.05, 3.63) is 23.8 Å². The molecular formula is C14H22N2O3S. The minimum atomic E-state index is -3.67. The highest BCUT2D eigenvalue weighted by molar-refractivity contribution is 7.89. The Morgan fingerprint density at radius 1 is 1.35 bits per heavy atom. The lowest BCUT2D eigenvalue weighted by molar-refractivity contribution is 0.185. The highest BCUT2D eigenvalue weighted by Gasteiger charge is 2.37. The van der Waals surface area contributed by atoms with Gasteiger partial charge in [0.25, 0.3) is 0 Å². The van der Waals surface area contributed by atoms with Gasteiger partial charge in [-0.15, -0.1) is 0 Å². The van der Waals surface area contributed by atoms with Gasteiger partial charge >= 0.3 is 0 Å². The number of hydrogen-bond acceptors (Lipinski definition) is 4. The minimum absolute atomic E-state index is 0.171. The zero-order chi connectivity index (χ0) is 14.8. The Morgan fingerprint density at radius 2 is 2.00 bits per heavy atom. The molecule has 1 aliphatic carbocycles. The molecule has 1 fully saturated rings. The van der Waals surface area contributed by atoms with Crippen molar-refractivity contribution in [2.45, 2.75) is 49.5 Å². The molecule has 0 saturated heterocycles. The van der Waals surface area contributed by atoms with E-state index in [9.17, 15) is 13.5 Å². The Hall–Kier alpha value is -1.11. The highest BCUT2D eigenvalue weighted by atomic mass is 32.2. The third kappa shape index (κ3) is 2.97. The van der Waals surface area contributed by atoms with Crippen LogP contribution in [-0.4, -0.2) is 25.7 Å². The maximum atomic E-state index is 12.6.